The Hall–Kier alpha value is -1.30. The average Bonchev–Trinajstić information content (AvgIpc) is 1.78. The van der Waals surface area contributed by atoms with Crippen molar-refractivity contribution in [3.8, 4) is 0 Å². The Morgan fingerprint density at radius 1 is 1.54 bits per heavy atom. The summed E-state index contributed by atoms with van der Waals surface area (Å²) in [7, 11) is -3.81. The van der Waals surface area contributed by atoms with Crippen LogP contribution in [0, 0.1) is 0 Å². The number of nitrogens with one attached hydrogen (secondary N) is 1. The van der Waals surface area contributed by atoms with E-state index in [1.165, 1.54) is 13.8 Å². The van der Waals surface area contributed by atoms with Crippen molar-refractivity contribution in [2.75, 3.05) is 0 Å². The molecule has 0 saturated carbocycles. The van der Waals surface area contributed by atoms with Gasteiger partial charge >= 0.3 is 10.3 Å². The lowest BCUT2D eigenvalue weighted by Crippen LogP contribution is -2.32. The van der Waals surface area contributed by atoms with Crippen molar-refractivity contribution in [1.29, 1.82) is 0 Å². The van der Waals surface area contributed by atoms with Gasteiger partial charge in [-0.05, 0) is 13.8 Å². The summed E-state index contributed by atoms with van der Waals surface area (Å²) in [5.74, 6) is -0.235. The Morgan fingerprint density at radius 3 is 2.46 bits per heavy atom. The smallest absolute Gasteiger partial charge is 0.371 e. The third-order valence-electron chi connectivity index (χ3n) is 1.49. The molecule has 1 aliphatic rings. The van der Waals surface area contributed by atoms with Crippen LogP contribution in [0.4, 0.5) is 0 Å². The molecule has 5 nitrogen and oxygen atoms in total. The normalized spacial score (nSPS) is 20.6. The Labute approximate surface area is 76.3 Å². The number of allylic oxidation sites excluding steroid dienone is 2. The zero-order chi connectivity index (χ0) is 10.2. The van der Waals surface area contributed by atoms with E-state index in [0.29, 0.717) is 0 Å². The monoisotopic (exact) mass is 203 g/mol. The Balaban J connectivity index is 3.24. The Kier molecular flexibility index (Phi) is 2.17. The molecule has 0 aromatic heterocycles. The van der Waals surface area contributed by atoms with Crippen LogP contribution in [0.3, 0.4) is 0 Å². The molecule has 6 heteroatoms. The zero-order valence-electron chi connectivity index (χ0n) is 7.25. The van der Waals surface area contributed by atoms with Crippen LogP contribution >= 0.6 is 0 Å². The topological polar surface area (TPSA) is 72.5 Å². The van der Waals surface area contributed by atoms with E-state index in [9.17, 15) is 13.2 Å². The second-order valence-electron chi connectivity index (χ2n) is 2.61. The summed E-state index contributed by atoms with van der Waals surface area (Å²) < 4.78 is 28.3. The molecule has 0 atom stereocenters. The highest BCUT2D eigenvalue weighted by atomic mass is 32.2. The first kappa shape index (κ1) is 9.79. The van der Waals surface area contributed by atoms with Gasteiger partial charge in [0.15, 0.2) is 5.78 Å². The first-order valence-electron chi connectivity index (χ1n) is 3.47. The first-order valence-corrected chi connectivity index (χ1v) is 4.87. The molecule has 1 aliphatic heterocycles. The van der Waals surface area contributed by atoms with E-state index in [-0.39, 0.29) is 22.8 Å². The fourth-order valence-corrected chi connectivity index (χ4v) is 1.96. The van der Waals surface area contributed by atoms with Gasteiger partial charge in [0.25, 0.3) is 0 Å². The molecular weight excluding hydrogens is 194 g/mol. The predicted octanol–water partition coefficient (Wildman–Crippen LogP) is 0.228. The number of carbonyl (C=O) groups is 1. The van der Waals surface area contributed by atoms with Crippen LogP contribution in [0.1, 0.15) is 13.8 Å². The molecule has 1 heterocycles. The number of hydrogen-bond donors (Lipinski definition) is 1. The third-order valence-corrected chi connectivity index (χ3v) is 2.45. The van der Waals surface area contributed by atoms with Crippen molar-refractivity contribution in [1.82, 2.24) is 4.72 Å². The predicted molar refractivity (Wildman–Crippen MR) is 45.7 cm³/mol. The molecule has 1 rings (SSSR count). The van der Waals surface area contributed by atoms with E-state index < -0.39 is 10.3 Å². The second kappa shape index (κ2) is 2.88. The van der Waals surface area contributed by atoms with Gasteiger partial charge in [-0.1, -0.05) is 6.58 Å². The summed E-state index contributed by atoms with van der Waals surface area (Å²) in [5, 5.41) is 0. The van der Waals surface area contributed by atoms with Crippen LogP contribution in [0.15, 0.2) is 23.6 Å². The van der Waals surface area contributed by atoms with Crippen molar-refractivity contribution >= 4 is 16.1 Å². The van der Waals surface area contributed by atoms with Crippen molar-refractivity contribution < 1.29 is 17.4 Å². The van der Waals surface area contributed by atoms with Gasteiger partial charge in [0, 0.05) is 0 Å². The van der Waals surface area contributed by atoms with Crippen LogP contribution in [-0.2, 0) is 19.3 Å². The molecule has 0 radical (unpaired) electrons. The van der Waals surface area contributed by atoms with Gasteiger partial charge in [-0.25, -0.2) is 0 Å². The highest BCUT2D eigenvalue weighted by molar-refractivity contribution is 7.85. The zero-order valence-corrected chi connectivity index (χ0v) is 8.06. The summed E-state index contributed by atoms with van der Waals surface area (Å²) >= 11 is 0. The van der Waals surface area contributed by atoms with Gasteiger partial charge in [0.1, 0.15) is 5.76 Å². The molecule has 0 aliphatic carbocycles. The van der Waals surface area contributed by atoms with Crippen molar-refractivity contribution in [3.63, 3.8) is 0 Å². The third kappa shape index (κ3) is 1.89. The standard InChI is InChI=1S/C7H9NO4S/c1-4-7(5(2)9)6(3)12-13(10,11)8-4/h8H,1H2,2-3H3. The maximum atomic E-state index is 11.0. The van der Waals surface area contributed by atoms with Crippen LogP contribution < -0.4 is 4.72 Å². The second-order valence-corrected chi connectivity index (χ2v) is 3.88. The molecule has 0 spiro atoms. The fraction of sp³-hybridized carbons (Fsp3) is 0.286. The van der Waals surface area contributed by atoms with E-state index in [4.69, 9.17) is 0 Å². The van der Waals surface area contributed by atoms with E-state index in [1.807, 2.05) is 4.72 Å². The van der Waals surface area contributed by atoms with Crippen molar-refractivity contribution in [3.05, 3.63) is 23.6 Å². The number of Topliss-reactive ketones (excluding diaryl/α,β-unsaturated/α-hetero) is 1. The molecule has 0 aromatic rings. The first-order chi connectivity index (χ1) is 5.83. The lowest BCUT2D eigenvalue weighted by Gasteiger charge is -2.19. The number of hydrogen-bond acceptors (Lipinski definition) is 4. The molecule has 0 fully saturated rings. The van der Waals surface area contributed by atoms with Crippen LogP contribution in [0.2, 0.25) is 0 Å². The minimum atomic E-state index is -3.81. The van der Waals surface area contributed by atoms with E-state index in [1.54, 1.807) is 0 Å². The van der Waals surface area contributed by atoms with Gasteiger partial charge in [-0.2, -0.15) is 8.42 Å². The maximum absolute atomic E-state index is 11.0. The van der Waals surface area contributed by atoms with E-state index in [0.717, 1.165) is 0 Å². The molecule has 13 heavy (non-hydrogen) atoms. The largest absolute Gasteiger partial charge is 0.407 e. The Bertz CT molecular complexity index is 404. The van der Waals surface area contributed by atoms with Crippen molar-refractivity contribution in [2.24, 2.45) is 0 Å². The fourth-order valence-electron chi connectivity index (χ4n) is 1.10. The summed E-state index contributed by atoms with van der Waals surface area (Å²) in [6.45, 7) is 6.13. The molecule has 0 amide bonds. The molecule has 0 unspecified atom stereocenters. The van der Waals surface area contributed by atoms with Gasteiger partial charge in [-0.15, -0.1) is 0 Å². The van der Waals surface area contributed by atoms with Gasteiger partial charge in [0.2, 0.25) is 0 Å². The molecule has 0 saturated heterocycles. The minimum Gasteiger partial charge on any atom is -0.371 e. The Morgan fingerprint density at radius 2 is 2.08 bits per heavy atom. The summed E-state index contributed by atoms with van der Waals surface area (Å²) in [6.07, 6.45) is 0. The minimum absolute atomic E-state index is 0.0521. The van der Waals surface area contributed by atoms with Crippen molar-refractivity contribution in [2.45, 2.75) is 13.8 Å². The molecule has 0 bridgehead atoms. The molecule has 0 aromatic carbocycles. The van der Waals surface area contributed by atoms with E-state index in [2.05, 4.69) is 10.8 Å². The molecular formula is C7H9NO4S. The number of rotatable bonds is 1. The van der Waals surface area contributed by atoms with E-state index >= 15 is 0 Å². The van der Waals surface area contributed by atoms with Gasteiger partial charge in [-0.3, -0.25) is 9.52 Å². The van der Waals surface area contributed by atoms with Crippen LogP contribution in [0.5, 0.6) is 0 Å². The van der Waals surface area contributed by atoms with Gasteiger partial charge < -0.3 is 4.18 Å². The van der Waals surface area contributed by atoms with Crippen LogP contribution in [-0.4, -0.2) is 14.2 Å². The van der Waals surface area contributed by atoms with Gasteiger partial charge in [0.05, 0.1) is 11.3 Å². The van der Waals surface area contributed by atoms with Crippen LogP contribution in [0.25, 0.3) is 0 Å². The molecule has 72 valence electrons. The highest BCUT2D eigenvalue weighted by Crippen LogP contribution is 2.21. The summed E-state index contributed by atoms with van der Waals surface area (Å²) in [6, 6.07) is 0. The quantitative estimate of drug-likeness (QED) is 0.662. The highest BCUT2D eigenvalue weighted by Gasteiger charge is 2.26. The lowest BCUT2D eigenvalue weighted by molar-refractivity contribution is -0.113. The SMILES string of the molecule is C=C1NS(=O)(=O)OC(C)=C1C(C)=O. The number of carbonyl (C=O) groups excluding carboxylic acids is 1. The summed E-state index contributed by atoms with van der Waals surface area (Å²) in [4.78, 5) is 11.0. The maximum Gasteiger partial charge on any atom is 0.407 e. The molecule has 1 N–H and O–H groups in total. The average molecular weight is 203 g/mol. The summed E-state index contributed by atoms with van der Waals surface area (Å²) in [5.41, 5.74) is 0.228. The lowest BCUT2D eigenvalue weighted by atomic mass is 10.1. The number of ketones is 1.